The normalized spacial score (nSPS) is 22.1. The zero-order valence-corrected chi connectivity index (χ0v) is 7.54. The Morgan fingerprint density at radius 3 is 2.67 bits per heavy atom. The van der Waals surface area contributed by atoms with Crippen LogP contribution in [0.1, 0.15) is 12.8 Å². The highest BCUT2D eigenvalue weighted by molar-refractivity contribution is 4.76. The second kappa shape index (κ2) is 4.60. The fraction of sp³-hybridized carbons (Fsp3) is 0.778. The van der Waals surface area contributed by atoms with Crippen molar-refractivity contribution in [3.05, 3.63) is 12.7 Å². The van der Waals surface area contributed by atoms with Crippen molar-refractivity contribution in [2.24, 2.45) is 0 Å². The van der Waals surface area contributed by atoms with Gasteiger partial charge in [0.1, 0.15) is 0 Å². The van der Waals surface area contributed by atoms with Gasteiger partial charge in [0.15, 0.2) is 5.79 Å². The third-order valence-electron chi connectivity index (χ3n) is 2.09. The van der Waals surface area contributed by atoms with Crippen LogP contribution in [-0.2, 0) is 14.2 Å². The molecule has 0 spiro atoms. The lowest BCUT2D eigenvalue weighted by molar-refractivity contribution is -0.250. The molecule has 1 heterocycles. The van der Waals surface area contributed by atoms with Gasteiger partial charge in [0, 0.05) is 20.0 Å². The Hall–Kier alpha value is -0.380. The highest BCUT2D eigenvalue weighted by atomic mass is 16.7. The van der Waals surface area contributed by atoms with Crippen molar-refractivity contribution in [2.45, 2.75) is 18.6 Å². The molecule has 1 saturated heterocycles. The second-order valence-electron chi connectivity index (χ2n) is 2.83. The van der Waals surface area contributed by atoms with Crippen molar-refractivity contribution in [2.75, 3.05) is 26.9 Å². The SMILES string of the molecule is C=CCOC1(OC)CCOCC1. The van der Waals surface area contributed by atoms with Crippen molar-refractivity contribution in [3.8, 4) is 0 Å². The van der Waals surface area contributed by atoms with Crippen LogP contribution in [0.15, 0.2) is 12.7 Å². The van der Waals surface area contributed by atoms with Crippen LogP contribution < -0.4 is 0 Å². The van der Waals surface area contributed by atoms with E-state index in [1.54, 1.807) is 13.2 Å². The van der Waals surface area contributed by atoms with Crippen LogP contribution >= 0.6 is 0 Å². The summed E-state index contributed by atoms with van der Waals surface area (Å²) in [7, 11) is 1.68. The first-order valence-corrected chi connectivity index (χ1v) is 4.21. The Bertz CT molecular complexity index is 139. The molecule has 0 saturated carbocycles. The summed E-state index contributed by atoms with van der Waals surface area (Å²) in [6.45, 7) is 5.56. The van der Waals surface area contributed by atoms with Crippen molar-refractivity contribution in [3.63, 3.8) is 0 Å². The molecule has 3 nitrogen and oxygen atoms in total. The number of rotatable bonds is 4. The Morgan fingerprint density at radius 1 is 1.50 bits per heavy atom. The molecule has 1 fully saturated rings. The quantitative estimate of drug-likeness (QED) is 0.473. The van der Waals surface area contributed by atoms with E-state index in [1.165, 1.54) is 0 Å². The second-order valence-corrected chi connectivity index (χ2v) is 2.83. The molecule has 70 valence electrons. The van der Waals surface area contributed by atoms with Crippen LogP contribution in [0.2, 0.25) is 0 Å². The zero-order chi connectivity index (χ0) is 8.86. The molecule has 1 aliphatic rings. The maximum atomic E-state index is 5.55. The molecule has 0 bridgehead atoms. The van der Waals surface area contributed by atoms with Crippen molar-refractivity contribution in [1.82, 2.24) is 0 Å². The monoisotopic (exact) mass is 172 g/mol. The van der Waals surface area contributed by atoms with E-state index in [2.05, 4.69) is 6.58 Å². The van der Waals surface area contributed by atoms with Crippen LogP contribution in [0, 0.1) is 0 Å². The minimum absolute atomic E-state index is 0.424. The molecule has 0 aromatic rings. The minimum atomic E-state index is -0.424. The summed E-state index contributed by atoms with van der Waals surface area (Å²) in [5.41, 5.74) is 0. The summed E-state index contributed by atoms with van der Waals surface area (Å²) in [6.07, 6.45) is 3.34. The molecule has 1 aliphatic heterocycles. The van der Waals surface area contributed by atoms with E-state index in [1.807, 2.05) is 0 Å². The van der Waals surface area contributed by atoms with Crippen LogP contribution in [-0.4, -0.2) is 32.7 Å². The topological polar surface area (TPSA) is 27.7 Å². The van der Waals surface area contributed by atoms with E-state index in [4.69, 9.17) is 14.2 Å². The lowest BCUT2D eigenvalue weighted by atomic mass is 10.1. The Labute approximate surface area is 73.3 Å². The average molecular weight is 172 g/mol. The molecule has 1 rings (SSSR count). The van der Waals surface area contributed by atoms with E-state index < -0.39 is 5.79 Å². The van der Waals surface area contributed by atoms with Gasteiger partial charge in [0.25, 0.3) is 0 Å². The molecular weight excluding hydrogens is 156 g/mol. The van der Waals surface area contributed by atoms with Gasteiger partial charge in [0.05, 0.1) is 19.8 Å². The van der Waals surface area contributed by atoms with E-state index in [0.29, 0.717) is 19.8 Å². The van der Waals surface area contributed by atoms with Gasteiger partial charge in [0.2, 0.25) is 0 Å². The fourth-order valence-electron chi connectivity index (χ4n) is 1.30. The van der Waals surface area contributed by atoms with E-state index >= 15 is 0 Å². The Kier molecular flexibility index (Phi) is 3.72. The summed E-state index contributed by atoms with van der Waals surface area (Å²) in [6, 6.07) is 0. The first-order valence-electron chi connectivity index (χ1n) is 4.21. The number of hydrogen-bond donors (Lipinski definition) is 0. The van der Waals surface area contributed by atoms with Gasteiger partial charge < -0.3 is 14.2 Å². The fourth-order valence-corrected chi connectivity index (χ4v) is 1.30. The maximum absolute atomic E-state index is 5.55. The first-order chi connectivity index (χ1) is 5.83. The van der Waals surface area contributed by atoms with Crippen molar-refractivity contribution < 1.29 is 14.2 Å². The van der Waals surface area contributed by atoms with Crippen molar-refractivity contribution >= 4 is 0 Å². The van der Waals surface area contributed by atoms with Gasteiger partial charge in [-0.15, -0.1) is 6.58 Å². The first kappa shape index (κ1) is 9.71. The molecule has 0 unspecified atom stereocenters. The van der Waals surface area contributed by atoms with Crippen LogP contribution in [0.3, 0.4) is 0 Å². The van der Waals surface area contributed by atoms with Gasteiger partial charge in [-0.1, -0.05) is 6.08 Å². The predicted molar refractivity (Wildman–Crippen MR) is 45.9 cm³/mol. The maximum Gasteiger partial charge on any atom is 0.172 e. The Morgan fingerprint density at radius 2 is 2.17 bits per heavy atom. The summed E-state index contributed by atoms with van der Waals surface area (Å²) < 4.78 is 16.1. The summed E-state index contributed by atoms with van der Waals surface area (Å²) >= 11 is 0. The molecule has 0 aromatic carbocycles. The smallest absolute Gasteiger partial charge is 0.172 e. The third kappa shape index (κ3) is 2.30. The van der Waals surface area contributed by atoms with Crippen LogP contribution in [0.25, 0.3) is 0 Å². The number of methoxy groups -OCH3 is 1. The lowest BCUT2D eigenvalue weighted by Gasteiger charge is -2.35. The summed E-state index contributed by atoms with van der Waals surface area (Å²) in [5.74, 6) is -0.424. The van der Waals surface area contributed by atoms with E-state index in [9.17, 15) is 0 Å². The minimum Gasteiger partial charge on any atom is -0.381 e. The predicted octanol–water partition coefficient (Wildman–Crippen LogP) is 1.34. The number of ether oxygens (including phenoxy) is 3. The average Bonchev–Trinajstić information content (AvgIpc) is 2.16. The van der Waals surface area contributed by atoms with Gasteiger partial charge in [-0.2, -0.15) is 0 Å². The number of hydrogen-bond acceptors (Lipinski definition) is 3. The Balaban J connectivity index is 2.41. The van der Waals surface area contributed by atoms with Crippen LogP contribution in [0.5, 0.6) is 0 Å². The van der Waals surface area contributed by atoms with Gasteiger partial charge in [-0.25, -0.2) is 0 Å². The highest BCUT2D eigenvalue weighted by Crippen LogP contribution is 2.25. The van der Waals surface area contributed by atoms with E-state index in [-0.39, 0.29) is 0 Å². The lowest BCUT2D eigenvalue weighted by Crippen LogP contribution is -2.40. The third-order valence-corrected chi connectivity index (χ3v) is 2.09. The molecule has 0 atom stereocenters. The van der Waals surface area contributed by atoms with Crippen molar-refractivity contribution in [1.29, 1.82) is 0 Å². The van der Waals surface area contributed by atoms with Crippen LogP contribution in [0.4, 0.5) is 0 Å². The molecular formula is C9H16O3. The molecule has 0 aromatic heterocycles. The standard InChI is InChI=1S/C9H16O3/c1-3-6-12-9(10-2)4-7-11-8-5-9/h3H,1,4-8H2,2H3. The summed E-state index contributed by atoms with van der Waals surface area (Å²) in [4.78, 5) is 0. The largest absolute Gasteiger partial charge is 0.381 e. The molecule has 0 radical (unpaired) electrons. The van der Waals surface area contributed by atoms with Gasteiger partial charge in [-0.05, 0) is 0 Å². The van der Waals surface area contributed by atoms with Gasteiger partial charge in [-0.3, -0.25) is 0 Å². The molecule has 3 heteroatoms. The summed E-state index contributed by atoms with van der Waals surface area (Å²) in [5, 5.41) is 0. The molecule has 0 aliphatic carbocycles. The molecule has 0 N–H and O–H groups in total. The molecule has 12 heavy (non-hydrogen) atoms. The highest BCUT2D eigenvalue weighted by Gasteiger charge is 2.32. The van der Waals surface area contributed by atoms with Gasteiger partial charge >= 0.3 is 0 Å². The molecule has 0 amide bonds. The van der Waals surface area contributed by atoms with E-state index in [0.717, 1.165) is 12.8 Å². The zero-order valence-electron chi connectivity index (χ0n) is 7.54.